The van der Waals surface area contributed by atoms with Crippen LogP contribution in [-0.2, 0) is 4.74 Å². The normalized spacial score (nSPS) is 18.6. The molecule has 0 saturated carbocycles. The molecule has 0 spiro atoms. The summed E-state index contributed by atoms with van der Waals surface area (Å²) in [5.41, 5.74) is 4.99. The lowest BCUT2D eigenvalue weighted by Gasteiger charge is -2.34. The number of rotatable bonds is 4. The van der Waals surface area contributed by atoms with Crippen LogP contribution in [0.1, 0.15) is 19.2 Å². The van der Waals surface area contributed by atoms with Crippen molar-refractivity contribution < 1.29 is 4.74 Å². The monoisotopic (exact) mass is 408 g/mol. The molecule has 0 bridgehead atoms. The summed E-state index contributed by atoms with van der Waals surface area (Å²) >= 11 is 1.80. The van der Waals surface area contributed by atoms with E-state index in [9.17, 15) is 0 Å². The average Bonchev–Trinajstić information content (AvgIpc) is 3.39. The van der Waals surface area contributed by atoms with E-state index in [4.69, 9.17) is 14.7 Å². The molecule has 5 rings (SSSR count). The quantitative estimate of drug-likeness (QED) is 0.549. The predicted octanol–water partition coefficient (Wildman–Crippen LogP) is 4.08. The summed E-state index contributed by atoms with van der Waals surface area (Å²) < 4.78 is 7.88. The first-order chi connectivity index (χ1) is 14.2. The van der Waals surface area contributed by atoms with Crippen LogP contribution in [0.25, 0.3) is 33.2 Å². The Balaban J connectivity index is 1.77. The highest BCUT2D eigenvalue weighted by molar-refractivity contribution is 7.98. The minimum atomic E-state index is 0.249. The van der Waals surface area contributed by atoms with Crippen molar-refractivity contribution in [1.82, 2.24) is 24.5 Å². The van der Waals surface area contributed by atoms with Gasteiger partial charge in [0.1, 0.15) is 5.52 Å². The number of thioether (sulfide) groups is 1. The van der Waals surface area contributed by atoms with E-state index in [-0.39, 0.29) is 11.4 Å². The maximum absolute atomic E-state index is 5.66. The van der Waals surface area contributed by atoms with Gasteiger partial charge in [-0.25, -0.2) is 9.97 Å². The highest BCUT2D eigenvalue weighted by Crippen LogP contribution is 2.35. The summed E-state index contributed by atoms with van der Waals surface area (Å²) in [7, 11) is 0. The van der Waals surface area contributed by atoms with Crippen LogP contribution in [0.2, 0.25) is 0 Å². The van der Waals surface area contributed by atoms with Crippen molar-refractivity contribution in [1.29, 1.82) is 0 Å². The van der Waals surface area contributed by atoms with Crippen LogP contribution in [0.5, 0.6) is 0 Å². The fourth-order valence-corrected chi connectivity index (χ4v) is 4.38. The van der Waals surface area contributed by atoms with Crippen LogP contribution in [0.15, 0.2) is 37.1 Å². The molecule has 8 heteroatoms. The maximum atomic E-state index is 5.66. The Kier molecular flexibility index (Phi) is 4.67. The number of hydrogen-bond donors (Lipinski definition) is 1. The zero-order valence-corrected chi connectivity index (χ0v) is 17.6. The van der Waals surface area contributed by atoms with Gasteiger partial charge in [0.25, 0.3) is 0 Å². The number of H-pyrrole nitrogens is 1. The molecule has 0 radical (unpaired) electrons. The summed E-state index contributed by atoms with van der Waals surface area (Å²) in [6.45, 7) is 6.58. The molecule has 1 saturated heterocycles. The lowest BCUT2D eigenvalue weighted by Crippen LogP contribution is -2.44. The van der Waals surface area contributed by atoms with Gasteiger partial charge in [-0.3, -0.25) is 4.98 Å². The van der Waals surface area contributed by atoms with Gasteiger partial charge >= 0.3 is 0 Å². The number of aromatic amines is 1. The topological polar surface area (TPSA) is 71.9 Å². The minimum Gasteiger partial charge on any atom is -0.377 e. The van der Waals surface area contributed by atoms with Gasteiger partial charge in [0.2, 0.25) is 0 Å². The molecule has 150 valence electrons. The van der Waals surface area contributed by atoms with Gasteiger partial charge in [-0.15, -0.1) is 11.8 Å². The van der Waals surface area contributed by atoms with Gasteiger partial charge in [-0.05, 0) is 32.2 Å². The zero-order chi connectivity index (χ0) is 20.0. The Hall–Kier alpha value is -2.58. The van der Waals surface area contributed by atoms with Crippen molar-refractivity contribution in [3.63, 3.8) is 0 Å². The van der Waals surface area contributed by atoms with E-state index in [2.05, 4.69) is 51.7 Å². The number of nitrogens with zero attached hydrogens (tertiary/aromatic N) is 5. The first-order valence-corrected chi connectivity index (χ1v) is 11.1. The number of ether oxygens (including phenoxy) is 1. The lowest BCUT2D eigenvalue weighted by atomic mass is 10.1. The number of aromatic nitrogens is 5. The standard InChI is InChI=1S/C21H24N6OS/c1-13-11-28-7-6-26(13)21-20-19(27(12-24-20)14(2)29-3)8-17(25-21)16-9-22-10-18-15(16)4-5-23-18/h4-5,8-10,12-14,23H,6-7,11H2,1-3H3. The summed E-state index contributed by atoms with van der Waals surface area (Å²) in [5.74, 6) is 0.924. The lowest BCUT2D eigenvalue weighted by molar-refractivity contribution is 0.0987. The summed E-state index contributed by atoms with van der Waals surface area (Å²) in [6, 6.07) is 4.48. The number of fused-ring (bicyclic) bond motifs is 2. The van der Waals surface area contributed by atoms with E-state index in [0.29, 0.717) is 13.2 Å². The molecule has 0 aliphatic carbocycles. The van der Waals surface area contributed by atoms with Crippen molar-refractivity contribution in [2.75, 3.05) is 30.9 Å². The van der Waals surface area contributed by atoms with Crippen LogP contribution in [0.4, 0.5) is 5.82 Å². The average molecular weight is 409 g/mol. The Labute approximate surface area is 173 Å². The third-order valence-corrected chi connectivity index (χ3v) is 6.58. The molecular weight excluding hydrogens is 384 g/mol. The number of morpholine rings is 1. The molecule has 1 aliphatic rings. The van der Waals surface area contributed by atoms with E-state index in [0.717, 1.165) is 45.6 Å². The third kappa shape index (κ3) is 3.07. The fraction of sp³-hybridized carbons (Fsp3) is 0.381. The SMILES string of the molecule is CSC(C)n1cnc2c(N3CCOCC3C)nc(-c3cncc4[nH]ccc34)cc21. The molecule has 0 amide bonds. The molecule has 4 aromatic heterocycles. The van der Waals surface area contributed by atoms with Gasteiger partial charge in [-0.1, -0.05) is 0 Å². The van der Waals surface area contributed by atoms with Gasteiger partial charge in [0.05, 0.1) is 53.9 Å². The van der Waals surface area contributed by atoms with Crippen molar-refractivity contribution in [2.45, 2.75) is 25.3 Å². The first-order valence-electron chi connectivity index (χ1n) is 9.83. The molecule has 5 heterocycles. The van der Waals surface area contributed by atoms with E-state index >= 15 is 0 Å². The van der Waals surface area contributed by atoms with Crippen LogP contribution in [0, 0.1) is 0 Å². The van der Waals surface area contributed by atoms with Crippen molar-refractivity contribution in [2.24, 2.45) is 0 Å². The fourth-order valence-electron chi connectivity index (χ4n) is 3.98. The summed E-state index contributed by atoms with van der Waals surface area (Å²) in [5, 5.41) is 1.41. The maximum Gasteiger partial charge on any atom is 0.157 e. The van der Waals surface area contributed by atoms with Crippen LogP contribution in [0.3, 0.4) is 0 Å². The smallest absolute Gasteiger partial charge is 0.157 e. The largest absolute Gasteiger partial charge is 0.377 e. The van der Waals surface area contributed by atoms with Crippen molar-refractivity contribution >= 4 is 39.5 Å². The minimum absolute atomic E-state index is 0.249. The Bertz CT molecular complexity index is 1170. The molecular formula is C21H24N6OS. The molecule has 1 aliphatic heterocycles. The highest BCUT2D eigenvalue weighted by Gasteiger charge is 2.25. The van der Waals surface area contributed by atoms with E-state index in [1.807, 2.05) is 24.9 Å². The molecule has 0 aromatic carbocycles. The number of imidazole rings is 1. The number of nitrogens with one attached hydrogen (secondary N) is 1. The predicted molar refractivity (Wildman–Crippen MR) is 118 cm³/mol. The first kappa shape index (κ1) is 18.4. The van der Waals surface area contributed by atoms with Crippen molar-refractivity contribution in [3.8, 4) is 11.3 Å². The number of pyridine rings is 2. The zero-order valence-electron chi connectivity index (χ0n) is 16.8. The van der Waals surface area contributed by atoms with E-state index in [1.165, 1.54) is 0 Å². The molecule has 7 nitrogen and oxygen atoms in total. The van der Waals surface area contributed by atoms with Crippen molar-refractivity contribution in [3.05, 3.63) is 37.1 Å². The van der Waals surface area contributed by atoms with Gasteiger partial charge < -0.3 is 19.2 Å². The number of anilines is 1. The Morgan fingerprint density at radius 1 is 1.34 bits per heavy atom. The van der Waals surface area contributed by atoms with Gasteiger partial charge in [0, 0.05) is 29.9 Å². The number of hydrogen-bond acceptors (Lipinski definition) is 6. The molecule has 1 fully saturated rings. The molecule has 2 unspecified atom stereocenters. The summed E-state index contributed by atoms with van der Waals surface area (Å²) in [4.78, 5) is 19.9. The van der Waals surface area contributed by atoms with Crippen LogP contribution >= 0.6 is 11.8 Å². The van der Waals surface area contributed by atoms with E-state index in [1.54, 1.807) is 11.8 Å². The highest BCUT2D eigenvalue weighted by atomic mass is 32.2. The van der Waals surface area contributed by atoms with E-state index < -0.39 is 0 Å². The molecule has 4 aromatic rings. The molecule has 1 N–H and O–H groups in total. The molecule has 29 heavy (non-hydrogen) atoms. The second kappa shape index (κ2) is 7.35. The van der Waals surface area contributed by atoms with Gasteiger partial charge in [-0.2, -0.15) is 0 Å². The Morgan fingerprint density at radius 2 is 2.24 bits per heavy atom. The third-order valence-electron chi connectivity index (χ3n) is 5.67. The van der Waals surface area contributed by atoms with Crippen LogP contribution < -0.4 is 4.90 Å². The summed E-state index contributed by atoms with van der Waals surface area (Å²) in [6.07, 6.45) is 9.74. The Morgan fingerprint density at radius 3 is 3.07 bits per heavy atom. The van der Waals surface area contributed by atoms with Gasteiger partial charge in [0.15, 0.2) is 5.82 Å². The second-order valence-corrected chi connectivity index (χ2v) is 8.58. The molecule has 2 atom stereocenters. The van der Waals surface area contributed by atoms with Crippen LogP contribution in [-0.4, -0.2) is 56.6 Å². The second-order valence-electron chi connectivity index (χ2n) is 7.43.